The Morgan fingerprint density at radius 1 is 1.20 bits per heavy atom. The van der Waals surface area contributed by atoms with Gasteiger partial charge in [0.2, 0.25) is 0 Å². The van der Waals surface area contributed by atoms with E-state index in [1.54, 1.807) is 13.2 Å². The lowest BCUT2D eigenvalue weighted by atomic mass is 9.96. The molecule has 2 aliphatic carbocycles. The fourth-order valence-corrected chi connectivity index (χ4v) is 4.93. The Labute approximate surface area is 148 Å². The highest BCUT2D eigenvalue weighted by Gasteiger charge is 2.39. The monoisotopic (exact) mass is 370 g/mol. The Morgan fingerprint density at radius 3 is 2.48 bits per heavy atom. The SMILES string of the molecule is COc1cc2c(cc1OC)C(O)(CNS(=O)(=O)NC1CCCC1)CC2. The fraction of sp³-hybridized carbons (Fsp3) is 0.647. The van der Waals surface area contributed by atoms with E-state index in [0.29, 0.717) is 29.9 Å². The van der Waals surface area contributed by atoms with Gasteiger partial charge in [0.1, 0.15) is 5.60 Å². The highest BCUT2D eigenvalue weighted by molar-refractivity contribution is 7.87. The molecule has 1 aromatic carbocycles. The first-order valence-corrected chi connectivity index (χ1v) is 10.1. The van der Waals surface area contributed by atoms with E-state index in [1.165, 1.54) is 7.11 Å². The molecule has 25 heavy (non-hydrogen) atoms. The number of ether oxygens (including phenoxy) is 2. The molecule has 0 aromatic heterocycles. The maximum absolute atomic E-state index is 12.2. The molecule has 0 amide bonds. The predicted molar refractivity (Wildman–Crippen MR) is 94.1 cm³/mol. The molecule has 0 radical (unpaired) electrons. The molecule has 1 fully saturated rings. The van der Waals surface area contributed by atoms with Crippen molar-refractivity contribution in [1.82, 2.24) is 9.44 Å². The minimum absolute atomic E-state index is 0.00707. The molecule has 0 aliphatic heterocycles. The van der Waals surface area contributed by atoms with Crippen LogP contribution in [0.5, 0.6) is 11.5 Å². The highest BCUT2D eigenvalue weighted by Crippen LogP contribution is 2.42. The molecule has 8 heteroatoms. The van der Waals surface area contributed by atoms with Crippen molar-refractivity contribution in [2.45, 2.75) is 50.2 Å². The largest absolute Gasteiger partial charge is 0.493 e. The van der Waals surface area contributed by atoms with Crippen LogP contribution in [0.4, 0.5) is 0 Å². The molecule has 7 nitrogen and oxygen atoms in total. The zero-order valence-corrected chi connectivity index (χ0v) is 15.5. The van der Waals surface area contributed by atoms with E-state index in [4.69, 9.17) is 9.47 Å². The minimum Gasteiger partial charge on any atom is -0.493 e. The van der Waals surface area contributed by atoms with Crippen LogP contribution in [-0.4, -0.2) is 40.3 Å². The third-order valence-electron chi connectivity index (χ3n) is 5.15. The first kappa shape index (κ1) is 18.4. The van der Waals surface area contributed by atoms with E-state index in [9.17, 15) is 13.5 Å². The van der Waals surface area contributed by atoms with Gasteiger partial charge in [-0.25, -0.2) is 0 Å². The van der Waals surface area contributed by atoms with E-state index in [2.05, 4.69) is 9.44 Å². The molecular formula is C17H26N2O5S. The molecule has 1 saturated carbocycles. The quantitative estimate of drug-likeness (QED) is 0.670. The standard InChI is InChI=1S/C17H26N2O5S/c1-23-15-9-12-7-8-17(20,14(12)10-16(15)24-2)11-18-25(21,22)19-13-5-3-4-6-13/h9-10,13,18-20H,3-8,11H2,1-2H3. The van der Waals surface area contributed by atoms with Crippen molar-refractivity contribution in [3.05, 3.63) is 23.3 Å². The Bertz CT molecular complexity index is 731. The molecule has 0 heterocycles. The normalized spacial score (nSPS) is 23.6. The van der Waals surface area contributed by atoms with Gasteiger partial charge in [-0.1, -0.05) is 12.8 Å². The summed E-state index contributed by atoms with van der Waals surface area (Å²) in [5, 5.41) is 11.0. The number of nitrogens with one attached hydrogen (secondary N) is 2. The molecule has 0 bridgehead atoms. The van der Waals surface area contributed by atoms with Crippen LogP contribution in [0, 0.1) is 0 Å². The van der Waals surface area contributed by atoms with Crippen LogP contribution in [0.15, 0.2) is 12.1 Å². The van der Waals surface area contributed by atoms with Gasteiger partial charge in [0, 0.05) is 12.6 Å². The summed E-state index contributed by atoms with van der Waals surface area (Å²) in [4.78, 5) is 0. The lowest BCUT2D eigenvalue weighted by Gasteiger charge is -2.25. The van der Waals surface area contributed by atoms with Crippen LogP contribution in [0.25, 0.3) is 0 Å². The molecule has 3 rings (SSSR count). The summed E-state index contributed by atoms with van der Waals surface area (Å²) < 4.78 is 40.3. The van der Waals surface area contributed by atoms with Crippen LogP contribution in [-0.2, 0) is 22.2 Å². The molecular weight excluding hydrogens is 344 g/mol. The summed E-state index contributed by atoms with van der Waals surface area (Å²) in [6.07, 6.45) is 4.93. The molecule has 0 spiro atoms. The van der Waals surface area contributed by atoms with Crippen molar-refractivity contribution in [3.8, 4) is 11.5 Å². The Balaban J connectivity index is 1.73. The lowest BCUT2D eigenvalue weighted by Crippen LogP contribution is -2.46. The molecule has 3 N–H and O–H groups in total. The average molecular weight is 370 g/mol. The number of aryl methyl sites for hydroxylation is 1. The van der Waals surface area contributed by atoms with E-state index in [-0.39, 0.29) is 12.6 Å². The average Bonchev–Trinajstić information content (AvgIpc) is 3.20. The fourth-order valence-electron chi connectivity index (χ4n) is 3.74. The number of aliphatic hydroxyl groups is 1. The van der Waals surface area contributed by atoms with Gasteiger partial charge >= 0.3 is 0 Å². The van der Waals surface area contributed by atoms with Crippen molar-refractivity contribution in [1.29, 1.82) is 0 Å². The number of hydrogen-bond acceptors (Lipinski definition) is 5. The Kier molecular flexibility index (Phi) is 5.24. The van der Waals surface area contributed by atoms with Crippen LogP contribution >= 0.6 is 0 Å². The van der Waals surface area contributed by atoms with Gasteiger partial charge in [0.25, 0.3) is 10.2 Å². The Hall–Kier alpha value is -1.35. The van der Waals surface area contributed by atoms with Crippen molar-refractivity contribution >= 4 is 10.2 Å². The molecule has 140 valence electrons. The zero-order chi connectivity index (χ0) is 18.1. The zero-order valence-electron chi connectivity index (χ0n) is 14.7. The highest BCUT2D eigenvalue weighted by atomic mass is 32.2. The topological polar surface area (TPSA) is 96.9 Å². The van der Waals surface area contributed by atoms with Gasteiger partial charge in [-0.3, -0.25) is 0 Å². The second-order valence-corrected chi connectivity index (χ2v) is 8.35. The lowest BCUT2D eigenvalue weighted by molar-refractivity contribution is 0.0439. The van der Waals surface area contributed by atoms with Gasteiger partial charge in [-0.15, -0.1) is 0 Å². The first-order valence-electron chi connectivity index (χ1n) is 8.61. The number of benzene rings is 1. The third kappa shape index (κ3) is 3.92. The van der Waals surface area contributed by atoms with Crippen molar-refractivity contribution in [3.63, 3.8) is 0 Å². The summed E-state index contributed by atoms with van der Waals surface area (Å²) in [6, 6.07) is 3.57. The molecule has 0 saturated heterocycles. The van der Waals surface area contributed by atoms with E-state index in [0.717, 1.165) is 31.2 Å². The first-order chi connectivity index (χ1) is 11.9. The van der Waals surface area contributed by atoms with Gasteiger partial charge in [-0.2, -0.15) is 17.9 Å². The summed E-state index contributed by atoms with van der Waals surface area (Å²) >= 11 is 0. The van der Waals surface area contributed by atoms with Gasteiger partial charge in [0.15, 0.2) is 11.5 Å². The number of rotatable bonds is 7. The number of fused-ring (bicyclic) bond motifs is 1. The molecule has 1 atom stereocenters. The summed E-state index contributed by atoms with van der Waals surface area (Å²) in [5.41, 5.74) is 0.385. The van der Waals surface area contributed by atoms with Crippen molar-refractivity contribution < 1.29 is 23.0 Å². The van der Waals surface area contributed by atoms with E-state index < -0.39 is 15.8 Å². The van der Waals surface area contributed by atoms with E-state index in [1.807, 2.05) is 6.07 Å². The maximum atomic E-state index is 12.2. The van der Waals surface area contributed by atoms with Crippen LogP contribution in [0.3, 0.4) is 0 Å². The van der Waals surface area contributed by atoms with Gasteiger partial charge < -0.3 is 14.6 Å². The summed E-state index contributed by atoms with van der Waals surface area (Å²) in [5.74, 6) is 1.13. The summed E-state index contributed by atoms with van der Waals surface area (Å²) in [7, 11) is -0.540. The minimum atomic E-state index is -3.64. The van der Waals surface area contributed by atoms with Crippen molar-refractivity contribution in [2.24, 2.45) is 0 Å². The molecule has 1 unspecified atom stereocenters. The van der Waals surface area contributed by atoms with Gasteiger partial charge in [0.05, 0.1) is 14.2 Å². The van der Waals surface area contributed by atoms with Crippen LogP contribution in [0.1, 0.15) is 43.2 Å². The van der Waals surface area contributed by atoms with Crippen LogP contribution < -0.4 is 18.9 Å². The van der Waals surface area contributed by atoms with Gasteiger partial charge in [-0.05, 0) is 48.9 Å². The number of hydrogen-bond donors (Lipinski definition) is 3. The molecule has 1 aromatic rings. The predicted octanol–water partition coefficient (Wildman–Crippen LogP) is 1.20. The maximum Gasteiger partial charge on any atom is 0.277 e. The summed E-state index contributed by atoms with van der Waals surface area (Å²) in [6.45, 7) is -0.0719. The second-order valence-electron chi connectivity index (χ2n) is 6.82. The Morgan fingerprint density at radius 2 is 1.84 bits per heavy atom. The molecule has 2 aliphatic rings. The van der Waals surface area contributed by atoms with E-state index >= 15 is 0 Å². The second kappa shape index (κ2) is 7.11. The number of methoxy groups -OCH3 is 2. The third-order valence-corrected chi connectivity index (χ3v) is 6.32. The van der Waals surface area contributed by atoms with Crippen molar-refractivity contribution in [2.75, 3.05) is 20.8 Å². The smallest absolute Gasteiger partial charge is 0.277 e. The van der Waals surface area contributed by atoms with Crippen LogP contribution in [0.2, 0.25) is 0 Å².